The minimum absolute atomic E-state index is 0.361. The zero-order chi connectivity index (χ0) is 8.36. The van der Waals surface area contributed by atoms with Crippen molar-refractivity contribution in [3.63, 3.8) is 0 Å². The van der Waals surface area contributed by atoms with Crippen molar-refractivity contribution in [1.29, 1.82) is 0 Å². The van der Waals surface area contributed by atoms with Gasteiger partial charge in [0.25, 0.3) is 0 Å². The maximum atomic E-state index is 5.25. The van der Waals surface area contributed by atoms with Crippen LogP contribution in [0.15, 0.2) is 0 Å². The van der Waals surface area contributed by atoms with Gasteiger partial charge in [-0.05, 0) is 25.9 Å². The third-order valence-corrected chi connectivity index (χ3v) is 1.15. The lowest BCUT2D eigenvalue weighted by Gasteiger charge is -2.03. The SMILES string of the molecule is NCCCOCOCCCN. The highest BCUT2D eigenvalue weighted by molar-refractivity contribution is 4.34. The Morgan fingerprint density at radius 2 is 1.27 bits per heavy atom. The van der Waals surface area contributed by atoms with Gasteiger partial charge in [0.2, 0.25) is 0 Å². The highest BCUT2D eigenvalue weighted by atomic mass is 16.7. The van der Waals surface area contributed by atoms with E-state index in [0.29, 0.717) is 33.1 Å². The van der Waals surface area contributed by atoms with Crippen molar-refractivity contribution >= 4 is 0 Å². The number of hydrogen-bond acceptors (Lipinski definition) is 4. The zero-order valence-electron chi connectivity index (χ0n) is 6.92. The largest absolute Gasteiger partial charge is 0.355 e. The molecule has 0 amide bonds. The van der Waals surface area contributed by atoms with Gasteiger partial charge < -0.3 is 20.9 Å². The minimum atomic E-state index is 0.361. The lowest BCUT2D eigenvalue weighted by atomic mass is 10.5. The van der Waals surface area contributed by atoms with Gasteiger partial charge in [0.05, 0.1) is 13.2 Å². The molecule has 0 bridgehead atoms. The predicted octanol–water partition coefficient (Wildman–Crippen LogP) is -0.325. The smallest absolute Gasteiger partial charge is 0.146 e. The molecule has 0 aliphatic heterocycles. The van der Waals surface area contributed by atoms with Crippen LogP contribution in [0.4, 0.5) is 0 Å². The average molecular weight is 162 g/mol. The summed E-state index contributed by atoms with van der Waals surface area (Å²) >= 11 is 0. The Labute approximate surface area is 67.8 Å². The molecule has 4 N–H and O–H groups in total. The van der Waals surface area contributed by atoms with Gasteiger partial charge in [-0.25, -0.2) is 0 Å². The Balaban J connectivity index is 2.69. The number of ether oxygens (including phenoxy) is 2. The first-order valence-corrected chi connectivity index (χ1v) is 3.97. The molecule has 0 rings (SSSR count). The second-order valence-electron chi connectivity index (χ2n) is 2.22. The van der Waals surface area contributed by atoms with Crippen LogP contribution in [0.1, 0.15) is 12.8 Å². The van der Waals surface area contributed by atoms with Gasteiger partial charge in [-0.1, -0.05) is 0 Å². The predicted molar refractivity (Wildman–Crippen MR) is 44.1 cm³/mol. The quantitative estimate of drug-likeness (QED) is 0.379. The Hall–Kier alpha value is -0.160. The van der Waals surface area contributed by atoms with Crippen LogP contribution in [0.2, 0.25) is 0 Å². The second-order valence-corrected chi connectivity index (χ2v) is 2.22. The first-order chi connectivity index (χ1) is 5.41. The second kappa shape index (κ2) is 9.84. The Morgan fingerprint density at radius 3 is 1.64 bits per heavy atom. The molecule has 68 valence electrons. The molecule has 0 spiro atoms. The van der Waals surface area contributed by atoms with E-state index in [1.54, 1.807) is 0 Å². The minimum Gasteiger partial charge on any atom is -0.355 e. The Kier molecular flexibility index (Phi) is 9.70. The fraction of sp³-hybridized carbons (Fsp3) is 1.00. The van der Waals surface area contributed by atoms with E-state index < -0.39 is 0 Å². The van der Waals surface area contributed by atoms with Crippen molar-refractivity contribution in [3.8, 4) is 0 Å². The molecule has 4 nitrogen and oxygen atoms in total. The number of hydrogen-bond donors (Lipinski definition) is 2. The maximum Gasteiger partial charge on any atom is 0.146 e. The van der Waals surface area contributed by atoms with Gasteiger partial charge >= 0.3 is 0 Å². The van der Waals surface area contributed by atoms with Crippen molar-refractivity contribution < 1.29 is 9.47 Å². The fourth-order valence-corrected chi connectivity index (χ4v) is 0.548. The highest BCUT2D eigenvalue weighted by Gasteiger charge is 1.87. The number of rotatable bonds is 8. The molecule has 11 heavy (non-hydrogen) atoms. The standard InChI is InChI=1S/C7H18N2O2/c8-3-1-5-10-7-11-6-2-4-9/h1-9H2. The third-order valence-electron chi connectivity index (χ3n) is 1.15. The molecule has 0 fully saturated rings. The average Bonchev–Trinajstić information content (AvgIpc) is 2.03. The molecule has 0 atom stereocenters. The van der Waals surface area contributed by atoms with Gasteiger partial charge in [-0.3, -0.25) is 0 Å². The number of nitrogens with two attached hydrogens (primary N) is 2. The molecule has 0 aromatic heterocycles. The van der Waals surface area contributed by atoms with E-state index in [-0.39, 0.29) is 0 Å². The van der Waals surface area contributed by atoms with Gasteiger partial charge in [0.1, 0.15) is 6.79 Å². The van der Waals surface area contributed by atoms with Crippen LogP contribution < -0.4 is 11.5 Å². The topological polar surface area (TPSA) is 70.5 Å². The van der Waals surface area contributed by atoms with Crippen LogP contribution in [-0.2, 0) is 9.47 Å². The van der Waals surface area contributed by atoms with Crippen LogP contribution in [0, 0.1) is 0 Å². The summed E-state index contributed by atoms with van der Waals surface area (Å²) in [6.45, 7) is 3.06. The summed E-state index contributed by atoms with van der Waals surface area (Å²) in [5.41, 5.74) is 10.5. The lowest BCUT2D eigenvalue weighted by Crippen LogP contribution is -2.09. The van der Waals surface area contributed by atoms with Crippen molar-refractivity contribution in [2.45, 2.75) is 12.8 Å². The van der Waals surface area contributed by atoms with E-state index in [9.17, 15) is 0 Å². The van der Waals surface area contributed by atoms with E-state index in [0.717, 1.165) is 12.8 Å². The molecule has 0 heterocycles. The van der Waals surface area contributed by atoms with Crippen LogP contribution in [0.3, 0.4) is 0 Å². The highest BCUT2D eigenvalue weighted by Crippen LogP contribution is 1.83. The molecule has 0 aromatic rings. The summed E-state index contributed by atoms with van der Waals surface area (Å²) in [6.07, 6.45) is 1.78. The van der Waals surface area contributed by atoms with Crippen molar-refractivity contribution in [1.82, 2.24) is 0 Å². The van der Waals surface area contributed by atoms with Crippen LogP contribution in [-0.4, -0.2) is 33.1 Å². The molecule has 0 aromatic carbocycles. The first-order valence-electron chi connectivity index (χ1n) is 3.97. The summed E-state index contributed by atoms with van der Waals surface area (Å²) in [4.78, 5) is 0. The van der Waals surface area contributed by atoms with E-state index >= 15 is 0 Å². The van der Waals surface area contributed by atoms with Gasteiger partial charge in [-0.2, -0.15) is 0 Å². The zero-order valence-corrected chi connectivity index (χ0v) is 6.92. The summed E-state index contributed by atoms with van der Waals surface area (Å²) < 4.78 is 10.2. The molecule has 0 aliphatic rings. The Morgan fingerprint density at radius 1 is 0.818 bits per heavy atom. The van der Waals surface area contributed by atoms with Crippen molar-refractivity contribution in [3.05, 3.63) is 0 Å². The summed E-state index contributed by atoms with van der Waals surface area (Å²) in [6, 6.07) is 0. The molecular weight excluding hydrogens is 144 g/mol. The molecule has 4 heteroatoms. The first kappa shape index (κ1) is 10.8. The maximum absolute atomic E-state index is 5.25. The van der Waals surface area contributed by atoms with Crippen molar-refractivity contribution in [2.24, 2.45) is 11.5 Å². The van der Waals surface area contributed by atoms with E-state index in [1.807, 2.05) is 0 Å². The summed E-state index contributed by atoms with van der Waals surface area (Å²) in [5.74, 6) is 0. The lowest BCUT2D eigenvalue weighted by molar-refractivity contribution is -0.0539. The molecule has 0 radical (unpaired) electrons. The van der Waals surface area contributed by atoms with Gasteiger partial charge in [0.15, 0.2) is 0 Å². The van der Waals surface area contributed by atoms with Crippen LogP contribution in [0.25, 0.3) is 0 Å². The summed E-state index contributed by atoms with van der Waals surface area (Å²) in [7, 11) is 0. The Bertz CT molecular complexity index is 63.5. The summed E-state index contributed by atoms with van der Waals surface area (Å²) in [5, 5.41) is 0. The van der Waals surface area contributed by atoms with Gasteiger partial charge in [-0.15, -0.1) is 0 Å². The fourth-order valence-electron chi connectivity index (χ4n) is 0.548. The van der Waals surface area contributed by atoms with E-state index in [1.165, 1.54) is 0 Å². The van der Waals surface area contributed by atoms with Crippen LogP contribution in [0.5, 0.6) is 0 Å². The van der Waals surface area contributed by atoms with E-state index in [2.05, 4.69) is 0 Å². The molecule has 0 aliphatic carbocycles. The monoisotopic (exact) mass is 162 g/mol. The molecule has 0 saturated carbocycles. The van der Waals surface area contributed by atoms with Gasteiger partial charge in [0, 0.05) is 0 Å². The molecular formula is C7H18N2O2. The van der Waals surface area contributed by atoms with Crippen molar-refractivity contribution in [2.75, 3.05) is 33.1 Å². The molecule has 0 unspecified atom stereocenters. The molecule has 0 saturated heterocycles. The third kappa shape index (κ3) is 9.84. The van der Waals surface area contributed by atoms with E-state index in [4.69, 9.17) is 20.9 Å². The normalized spacial score (nSPS) is 10.4. The van der Waals surface area contributed by atoms with Crippen LogP contribution >= 0.6 is 0 Å².